The van der Waals surface area contributed by atoms with E-state index in [0.29, 0.717) is 46.8 Å². The van der Waals surface area contributed by atoms with E-state index in [2.05, 4.69) is 5.32 Å². The fraction of sp³-hybridized carbons (Fsp3) is 0.269. The molecule has 1 aromatic heterocycles. The summed E-state index contributed by atoms with van der Waals surface area (Å²) in [6.07, 6.45) is 2.35. The zero-order valence-electron chi connectivity index (χ0n) is 19.5. The van der Waals surface area contributed by atoms with Gasteiger partial charge in [0, 0.05) is 20.3 Å². The maximum absolute atomic E-state index is 13.2. The zero-order valence-corrected chi connectivity index (χ0v) is 20.3. The molecule has 0 unspecified atom stereocenters. The van der Waals surface area contributed by atoms with E-state index in [1.807, 2.05) is 44.2 Å². The molecule has 8 heteroatoms. The van der Waals surface area contributed by atoms with E-state index in [0.717, 1.165) is 22.5 Å². The number of nitrogens with zero attached hydrogens (tertiary/aromatic N) is 2. The van der Waals surface area contributed by atoms with Crippen molar-refractivity contribution in [1.29, 1.82) is 5.26 Å². The Balaban J connectivity index is 2.13. The normalized spacial score (nSPS) is 12.2. The molecule has 0 aliphatic heterocycles. The van der Waals surface area contributed by atoms with Crippen LogP contribution >= 0.6 is 11.3 Å². The molecule has 0 saturated carbocycles. The van der Waals surface area contributed by atoms with Gasteiger partial charge in [-0.25, -0.2) is 0 Å². The van der Waals surface area contributed by atoms with Crippen LogP contribution in [0.25, 0.3) is 11.6 Å². The van der Waals surface area contributed by atoms with Crippen molar-refractivity contribution in [1.82, 2.24) is 4.57 Å². The van der Waals surface area contributed by atoms with Crippen LogP contribution in [0.3, 0.4) is 0 Å². The minimum absolute atomic E-state index is 0.130. The van der Waals surface area contributed by atoms with Gasteiger partial charge in [-0.3, -0.25) is 14.2 Å². The molecule has 1 N–H and O–H groups in total. The molecule has 2 aromatic carbocycles. The van der Waals surface area contributed by atoms with E-state index in [-0.39, 0.29) is 11.1 Å². The van der Waals surface area contributed by atoms with E-state index in [1.165, 1.54) is 4.57 Å². The second-order valence-electron chi connectivity index (χ2n) is 7.50. The number of nitrogens with one attached hydrogen (secondary N) is 1. The minimum atomic E-state index is -0.599. The summed E-state index contributed by atoms with van der Waals surface area (Å²) in [7, 11) is 1.59. The van der Waals surface area contributed by atoms with Gasteiger partial charge in [-0.05, 0) is 44.0 Å². The molecule has 34 heavy (non-hydrogen) atoms. The van der Waals surface area contributed by atoms with E-state index < -0.39 is 5.91 Å². The third-order valence-corrected chi connectivity index (χ3v) is 6.10. The number of aryl methyl sites for hydroxylation is 1. The molecule has 0 atom stereocenters. The first-order valence-corrected chi connectivity index (χ1v) is 11.7. The number of rotatable bonds is 9. The number of ether oxygens (including phenoxy) is 2. The number of hydrogen-bond donors (Lipinski definition) is 1. The van der Waals surface area contributed by atoms with E-state index in [1.54, 1.807) is 37.5 Å². The predicted molar refractivity (Wildman–Crippen MR) is 134 cm³/mol. The molecule has 0 bridgehead atoms. The molecule has 0 saturated heterocycles. The van der Waals surface area contributed by atoms with Crippen molar-refractivity contribution in [3.63, 3.8) is 0 Å². The second kappa shape index (κ2) is 12.0. The van der Waals surface area contributed by atoms with Crippen LogP contribution in [0.4, 0.5) is 5.69 Å². The lowest BCUT2D eigenvalue weighted by Gasteiger charge is -2.11. The van der Waals surface area contributed by atoms with Crippen LogP contribution in [0.2, 0.25) is 0 Å². The SMILES string of the molecule is CCOc1ccccc1NC(=O)/C(C#N)=c1\s/c(=C\c2cccc(C)c2)c(=O)n1CCCOC. The Morgan fingerprint density at radius 3 is 2.74 bits per heavy atom. The summed E-state index contributed by atoms with van der Waals surface area (Å²) in [5, 5.41) is 12.7. The van der Waals surface area contributed by atoms with E-state index in [4.69, 9.17) is 9.47 Å². The number of carbonyl (C=O) groups is 1. The number of anilines is 1. The summed E-state index contributed by atoms with van der Waals surface area (Å²) in [6.45, 7) is 5.04. The van der Waals surface area contributed by atoms with Gasteiger partial charge in [0.2, 0.25) is 0 Å². The molecule has 3 aromatic rings. The van der Waals surface area contributed by atoms with Crippen molar-refractivity contribution < 1.29 is 14.3 Å². The molecule has 0 radical (unpaired) electrons. The van der Waals surface area contributed by atoms with Gasteiger partial charge in [-0.1, -0.05) is 42.0 Å². The molecular weight excluding hydrogens is 450 g/mol. The highest BCUT2D eigenvalue weighted by Gasteiger charge is 2.17. The average molecular weight is 478 g/mol. The van der Waals surface area contributed by atoms with E-state index >= 15 is 0 Å². The van der Waals surface area contributed by atoms with Crippen molar-refractivity contribution in [2.24, 2.45) is 0 Å². The van der Waals surface area contributed by atoms with Crippen LogP contribution in [0, 0.1) is 18.3 Å². The number of amides is 1. The van der Waals surface area contributed by atoms with Crippen LogP contribution < -0.4 is 24.8 Å². The Morgan fingerprint density at radius 2 is 2.03 bits per heavy atom. The molecule has 7 nitrogen and oxygen atoms in total. The van der Waals surface area contributed by atoms with Crippen molar-refractivity contribution in [2.45, 2.75) is 26.8 Å². The monoisotopic (exact) mass is 477 g/mol. The molecule has 0 spiro atoms. The fourth-order valence-electron chi connectivity index (χ4n) is 3.42. The van der Waals surface area contributed by atoms with Gasteiger partial charge in [-0.2, -0.15) is 5.26 Å². The number of carbonyl (C=O) groups excluding carboxylic acids is 1. The van der Waals surface area contributed by atoms with Gasteiger partial charge in [-0.15, -0.1) is 11.3 Å². The summed E-state index contributed by atoms with van der Waals surface area (Å²) in [5.41, 5.74) is 2.03. The Labute approximate surface area is 202 Å². The van der Waals surface area contributed by atoms with Crippen molar-refractivity contribution in [3.8, 4) is 11.8 Å². The molecule has 3 rings (SSSR count). The number of para-hydroxylation sites is 2. The largest absolute Gasteiger partial charge is 0.492 e. The summed E-state index contributed by atoms with van der Waals surface area (Å²) >= 11 is 1.13. The Kier molecular flexibility index (Phi) is 8.79. The third-order valence-electron chi connectivity index (χ3n) is 4.97. The predicted octanol–water partition coefficient (Wildman–Crippen LogP) is 2.80. The average Bonchev–Trinajstić information content (AvgIpc) is 3.11. The minimum Gasteiger partial charge on any atom is -0.492 e. The number of methoxy groups -OCH3 is 1. The number of nitriles is 1. The lowest BCUT2D eigenvalue weighted by atomic mass is 10.1. The first-order valence-electron chi connectivity index (χ1n) is 10.9. The Morgan fingerprint density at radius 1 is 1.24 bits per heavy atom. The van der Waals surface area contributed by atoms with Gasteiger partial charge in [0.15, 0.2) is 5.57 Å². The first kappa shape index (κ1) is 25.0. The summed E-state index contributed by atoms with van der Waals surface area (Å²) < 4.78 is 12.9. The first-order chi connectivity index (χ1) is 16.5. The number of thiazole rings is 1. The number of aromatic nitrogens is 1. The maximum Gasteiger partial charge on any atom is 0.269 e. The zero-order chi connectivity index (χ0) is 24.5. The van der Waals surface area contributed by atoms with Gasteiger partial charge in [0.05, 0.1) is 16.8 Å². The molecule has 0 aliphatic rings. The van der Waals surface area contributed by atoms with Gasteiger partial charge in [0.1, 0.15) is 16.5 Å². The van der Waals surface area contributed by atoms with Crippen LogP contribution in [0.5, 0.6) is 5.75 Å². The quantitative estimate of drug-likeness (QED) is 0.479. The lowest BCUT2D eigenvalue weighted by molar-refractivity contribution is -0.111. The topological polar surface area (TPSA) is 93.4 Å². The van der Waals surface area contributed by atoms with Crippen molar-refractivity contribution >= 4 is 34.6 Å². The van der Waals surface area contributed by atoms with E-state index in [9.17, 15) is 14.9 Å². The summed E-state index contributed by atoms with van der Waals surface area (Å²) in [4.78, 5) is 26.4. The summed E-state index contributed by atoms with van der Waals surface area (Å²) in [5.74, 6) is -0.0914. The number of benzene rings is 2. The maximum atomic E-state index is 13.2. The van der Waals surface area contributed by atoms with Crippen LogP contribution in [0.1, 0.15) is 24.5 Å². The highest BCUT2D eigenvalue weighted by molar-refractivity contribution is 7.07. The van der Waals surface area contributed by atoms with Gasteiger partial charge in [0.25, 0.3) is 11.5 Å². The number of hydrogen-bond acceptors (Lipinski definition) is 6. The smallest absolute Gasteiger partial charge is 0.269 e. The van der Waals surface area contributed by atoms with Crippen molar-refractivity contribution in [3.05, 3.63) is 79.2 Å². The molecule has 176 valence electrons. The van der Waals surface area contributed by atoms with Gasteiger partial charge < -0.3 is 14.8 Å². The standard InChI is InChI=1S/C26H27N3O4S/c1-4-33-22-12-6-5-11-21(22)28-24(30)20(17-27)26-29(13-8-14-32-3)25(31)23(34-26)16-19-10-7-9-18(2)15-19/h5-7,9-12,15-16H,4,8,13-14H2,1-3H3,(H,28,30)/b23-16-,26-20-. The Hall–Kier alpha value is -3.67. The molecule has 0 aliphatic carbocycles. The van der Waals surface area contributed by atoms with Crippen LogP contribution in [-0.4, -0.2) is 30.8 Å². The highest BCUT2D eigenvalue weighted by atomic mass is 32.1. The summed E-state index contributed by atoms with van der Waals surface area (Å²) in [6, 6.07) is 16.8. The molecule has 1 heterocycles. The Bertz CT molecular complexity index is 1380. The van der Waals surface area contributed by atoms with Crippen LogP contribution in [0.15, 0.2) is 53.3 Å². The third kappa shape index (κ3) is 6.01. The molecule has 1 amide bonds. The lowest BCUT2D eigenvalue weighted by Crippen LogP contribution is -2.34. The fourth-order valence-corrected chi connectivity index (χ4v) is 4.54. The van der Waals surface area contributed by atoms with Gasteiger partial charge >= 0.3 is 0 Å². The highest BCUT2D eigenvalue weighted by Crippen LogP contribution is 2.24. The molecule has 0 fully saturated rings. The van der Waals surface area contributed by atoms with Crippen molar-refractivity contribution in [2.75, 3.05) is 25.6 Å². The van der Waals surface area contributed by atoms with Crippen LogP contribution in [-0.2, 0) is 16.1 Å². The second-order valence-corrected chi connectivity index (χ2v) is 8.53. The molecular formula is C26H27N3O4S.